The number of methoxy groups -OCH3 is 2. The summed E-state index contributed by atoms with van der Waals surface area (Å²) in [5.74, 6) is 2.37. The van der Waals surface area contributed by atoms with E-state index in [9.17, 15) is 0 Å². The van der Waals surface area contributed by atoms with E-state index in [1.54, 1.807) is 14.2 Å². The maximum Gasteiger partial charge on any atom is 0.164 e. The summed E-state index contributed by atoms with van der Waals surface area (Å²) in [5, 5.41) is 9.13. The summed E-state index contributed by atoms with van der Waals surface area (Å²) in [6, 6.07) is 5.52. The van der Waals surface area contributed by atoms with Gasteiger partial charge in [0.25, 0.3) is 0 Å². The van der Waals surface area contributed by atoms with Gasteiger partial charge in [-0.05, 0) is 18.1 Å². The van der Waals surface area contributed by atoms with Gasteiger partial charge >= 0.3 is 0 Å². The van der Waals surface area contributed by atoms with Crippen LogP contribution in [-0.4, -0.2) is 45.3 Å². The van der Waals surface area contributed by atoms with Gasteiger partial charge in [-0.2, -0.15) is 0 Å². The molecular weight excluding hydrogens is 284 g/mol. The molecule has 22 heavy (non-hydrogen) atoms. The van der Waals surface area contributed by atoms with Gasteiger partial charge in [-0.15, -0.1) is 0 Å². The minimum Gasteiger partial charge on any atom is -0.493 e. The number of hydrogen-bond donors (Lipinski definition) is 1. The number of aliphatic hydroxyl groups excluding tert-OH is 1. The van der Waals surface area contributed by atoms with Crippen LogP contribution in [0.5, 0.6) is 17.2 Å². The predicted octanol–water partition coefficient (Wildman–Crippen LogP) is 2.90. The van der Waals surface area contributed by atoms with Gasteiger partial charge in [-0.3, -0.25) is 0 Å². The van der Waals surface area contributed by atoms with Crippen molar-refractivity contribution >= 4 is 0 Å². The molecule has 0 fully saturated rings. The molecule has 0 saturated heterocycles. The summed E-state index contributed by atoms with van der Waals surface area (Å²) < 4.78 is 22.0. The second-order valence-corrected chi connectivity index (χ2v) is 5.42. The molecule has 0 radical (unpaired) electrons. The highest BCUT2D eigenvalue weighted by Gasteiger charge is 2.16. The fourth-order valence-electron chi connectivity index (χ4n) is 2.06. The molecule has 5 nitrogen and oxygen atoms in total. The van der Waals surface area contributed by atoms with Crippen LogP contribution in [0, 0.1) is 5.92 Å². The van der Waals surface area contributed by atoms with Crippen molar-refractivity contribution in [1.29, 1.82) is 0 Å². The van der Waals surface area contributed by atoms with Crippen LogP contribution < -0.4 is 14.2 Å². The first-order chi connectivity index (χ1) is 10.6. The van der Waals surface area contributed by atoms with E-state index in [1.165, 1.54) is 0 Å². The van der Waals surface area contributed by atoms with Gasteiger partial charge in [0.05, 0.1) is 13.7 Å². The van der Waals surface area contributed by atoms with Crippen molar-refractivity contribution in [2.75, 3.05) is 34.0 Å². The third-order valence-electron chi connectivity index (χ3n) is 3.33. The van der Waals surface area contributed by atoms with E-state index in [1.807, 2.05) is 18.2 Å². The van der Waals surface area contributed by atoms with Gasteiger partial charge in [0, 0.05) is 39.2 Å². The van der Waals surface area contributed by atoms with Crippen molar-refractivity contribution in [2.45, 2.75) is 32.8 Å². The molecule has 1 rings (SSSR count). The number of ether oxygens (including phenoxy) is 4. The monoisotopic (exact) mass is 312 g/mol. The number of aliphatic hydroxyl groups is 1. The zero-order valence-electron chi connectivity index (χ0n) is 14.0. The van der Waals surface area contributed by atoms with Gasteiger partial charge in [-0.25, -0.2) is 0 Å². The predicted molar refractivity (Wildman–Crippen MR) is 85.9 cm³/mol. The highest BCUT2D eigenvalue weighted by Crippen LogP contribution is 2.32. The molecule has 1 N–H and O–H groups in total. The molecule has 0 aliphatic carbocycles. The molecule has 1 atom stereocenters. The third kappa shape index (κ3) is 6.12. The molecule has 0 aliphatic heterocycles. The second-order valence-electron chi connectivity index (χ2n) is 5.42. The summed E-state index contributed by atoms with van der Waals surface area (Å²) in [5.41, 5.74) is 0. The summed E-state index contributed by atoms with van der Waals surface area (Å²) in [6.07, 6.45) is 1.39. The van der Waals surface area contributed by atoms with Crippen molar-refractivity contribution < 1.29 is 24.1 Å². The largest absolute Gasteiger partial charge is 0.493 e. The topological polar surface area (TPSA) is 57.2 Å². The third-order valence-corrected chi connectivity index (χ3v) is 3.33. The molecule has 0 saturated carbocycles. The van der Waals surface area contributed by atoms with E-state index in [0.717, 1.165) is 12.2 Å². The summed E-state index contributed by atoms with van der Waals surface area (Å²) >= 11 is 0. The average molecular weight is 312 g/mol. The van der Waals surface area contributed by atoms with Crippen LogP contribution in [0.15, 0.2) is 18.2 Å². The van der Waals surface area contributed by atoms with Gasteiger partial charge in [0.2, 0.25) is 0 Å². The van der Waals surface area contributed by atoms with Crippen LogP contribution in [-0.2, 0) is 4.74 Å². The van der Waals surface area contributed by atoms with Crippen molar-refractivity contribution in [3.05, 3.63) is 18.2 Å². The summed E-state index contributed by atoms with van der Waals surface area (Å²) in [4.78, 5) is 0. The zero-order valence-corrected chi connectivity index (χ0v) is 14.0. The standard InChI is InChI=1S/C17H28O5/c1-13(2)15(8-9-18)22-14-6-7-16(20-4)17(12-14)21-11-5-10-19-3/h6-7,12-13,15,18H,5,8-11H2,1-4H3. The molecule has 0 amide bonds. The van der Waals surface area contributed by atoms with E-state index in [0.29, 0.717) is 37.1 Å². The first kappa shape index (κ1) is 18.6. The van der Waals surface area contributed by atoms with Crippen molar-refractivity contribution in [2.24, 2.45) is 5.92 Å². The van der Waals surface area contributed by atoms with Gasteiger partial charge in [0.15, 0.2) is 11.5 Å². The van der Waals surface area contributed by atoms with Gasteiger partial charge < -0.3 is 24.1 Å². The van der Waals surface area contributed by atoms with Crippen LogP contribution in [0.3, 0.4) is 0 Å². The van der Waals surface area contributed by atoms with Crippen LogP contribution in [0.4, 0.5) is 0 Å². The zero-order chi connectivity index (χ0) is 16.4. The Morgan fingerprint density at radius 3 is 2.45 bits per heavy atom. The van der Waals surface area contributed by atoms with Crippen LogP contribution >= 0.6 is 0 Å². The Hall–Kier alpha value is -1.46. The van der Waals surface area contributed by atoms with Gasteiger partial charge in [0.1, 0.15) is 11.9 Å². The highest BCUT2D eigenvalue weighted by atomic mass is 16.5. The lowest BCUT2D eigenvalue weighted by Crippen LogP contribution is -2.24. The lowest BCUT2D eigenvalue weighted by molar-refractivity contribution is 0.114. The molecule has 0 bridgehead atoms. The molecule has 126 valence electrons. The minimum absolute atomic E-state index is 0.0280. The first-order valence-corrected chi connectivity index (χ1v) is 7.69. The summed E-state index contributed by atoms with van der Waals surface area (Å²) in [7, 11) is 3.28. The van der Waals surface area contributed by atoms with Crippen molar-refractivity contribution in [1.82, 2.24) is 0 Å². The Balaban J connectivity index is 2.75. The minimum atomic E-state index is -0.0280. The first-order valence-electron chi connectivity index (χ1n) is 7.69. The van der Waals surface area contributed by atoms with Crippen LogP contribution in [0.1, 0.15) is 26.7 Å². The van der Waals surface area contributed by atoms with E-state index in [-0.39, 0.29) is 12.7 Å². The SMILES string of the molecule is COCCCOc1cc(OC(CCO)C(C)C)ccc1OC. The number of rotatable bonds is 11. The van der Waals surface area contributed by atoms with E-state index in [2.05, 4.69) is 13.8 Å². The van der Waals surface area contributed by atoms with E-state index in [4.69, 9.17) is 24.1 Å². The second kappa shape index (κ2) is 10.3. The van der Waals surface area contributed by atoms with Gasteiger partial charge in [-0.1, -0.05) is 13.8 Å². The smallest absolute Gasteiger partial charge is 0.164 e. The molecule has 1 aromatic carbocycles. The molecule has 0 aromatic heterocycles. The van der Waals surface area contributed by atoms with E-state index >= 15 is 0 Å². The fourth-order valence-corrected chi connectivity index (χ4v) is 2.06. The van der Waals surface area contributed by atoms with Crippen LogP contribution in [0.2, 0.25) is 0 Å². The number of hydrogen-bond acceptors (Lipinski definition) is 5. The normalized spacial score (nSPS) is 12.3. The highest BCUT2D eigenvalue weighted by molar-refractivity contribution is 5.45. The van der Waals surface area contributed by atoms with Crippen LogP contribution in [0.25, 0.3) is 0 Å². The quantitative estimate of drug-likeness (QED) is 0.637. The Morgan fingerprint density at radius 1 is 1.09 bits per heavy atom. The molecular formula is C17H28O5. The molecule has 5 heteroatoms. The molecule has 0 heterocycles. The molecule has 1 aromatic rings. The Bertz CT molecular complexity index is 420. The summed E-state index contributed by atoms with van der Waals surface area (Å²) in [6.45, 7) is 5.47. The average Bonchev–Trinajstić information content (AvgIpc) is 2.51. The molecule has 1 unspecified atom stereocenters. The fraction of sp³-hybridized carbons (Fsp3) is 0.647. The Kier molecular flexibility index (Phi) is 8.70. The van der Waals surface area contributed by atoms with E-state index < -0.39 is 0 Å². The Labute approximate surface area is 133 Å². The van der Waals surface area contributed by atoms with Crippen molar-refractivity contribution in [3.8, 4) is 17.2 Å². The lowest BCUT2D eigenvalue weighted by atomic mass is 10.0. The molecule has 0 aliphatic rings. The lowest BCUT2D eigenvalue weighted by Gasteiger charge is -2.22. The maximum atomic E-state index is 9.13. The number of benzene rings is 1. The van der Waals surface area contributed by atoms with Crippen molar-refractivity contribution in [3.63, 3.8) is 0 Å². The Morgan fingerprint density at radius 2 is 1.86 bits per heavy atom. The molecule has 0 spiro atoms. The maximum absolute atomic E-state index is 9.13.